The molecule has 0 bridgehead atoms. The summed E-state index contributed by atoms with van der Waals surface area (Å²) in [6.45, 7) is 2.02. The van der Waals surface area contributed by atoms with Crippen LogP contribution in [0.4, 0.5) is 0 Å². The van der Waals surface area contributed by atoms with Crippen molar-refractivity contribution in [3.63, 3.8) is 0 Å². The average molecular weight is 329 g/mol. The number of nitrogens with one attached hydrogen (secondary N) is 1. The van der Waals surface area contributed by atoms with E-state index in [0.29, 0.717) is 15.6 Å². The van der Waals surface area contributed by atoms with Gasteiger partial charge in [0.05, 0.1) is 6.21 Å². The lowest BCUT2D eigenvalue weighted by atomic mass is 10.1. The SMILES string of the molecule is Cc1ccccc1-c1n[nH]c(=S)n1/N=C/c1ccccc1Cl. The van der Waals surface area contributed by atoms with Crippen LogP contribution in [0, 0.1) is 11.7 Å². The smallest absolute Gasteiger partial charge is 0.216 e. The van der Waals surface area contributed by atoms with E-state index < -0.39 is 0 Å². The second-order valence-electron chi connectivity index (χ2n) is 4.75. The molecule has 3 rings (SSSR count). The van der Waals surface area contributed by atoms with Crippen LogP contribution in [0.2, 0.25) is 5.02 Å². The number of rotatable bonds is 3. The lowest BCUT2D eigenvalue weighted by molar-refractivity contribution is 0.871. The maximum atomic E-state index is 6.14. The zero-order chi connectivity index (χ0) is 15.5. The monoisotopic (exact) mass is 328 g/mol. The number of H-pyrrole nitrogens is 1. The maximum Gasteiger partial charge on any atom is 0.216 e. The van der Waals surface area contributed by atoms with Crippen LogP contribution in [-0.4, -0.2) is 21.1 Å². The summed E-state index contributed by atoms with van der Waals surface area (Å²) in [7, 11) is 0. The standard InChI is InChI=1S/C16H13ClN4S/c1-11-6-2-4-8-13(11)15-19-20-16(22)21(15)18-10-12-7-3-5-9-14(12)17/h2-10H,1H3,(H,20,22)/b18-10+. The van der Waals surface area contributed by atoms with Gasteiger partial charge in [0.15, 0.2) is 5.82 Å². The first-order valence-corrected chi connectivity index (χ1v) is 7.48. The van der Waals surface area contributed by atoms with E-state index in [2.05, 4.69) is 15.3 Å². The molecule has 0 fully saturated rings. The number of nitrogens with zero attached hydrogens (tertiary/aromatic N) is 3. The highest BCUT2D eigenvalue weighted by Gasteiger charge is 2.10. The Hall–Kier alpha value is -2.24. The zero-order valence-corrected chi connectivity index (χ0v) is 13.4. The van der Waals surface area contributed by atoms with Crippen LogP contribution in [0.5, 0.6) is 0 Å². The Morgan fingerprint density at radius 3 is 2.68 bits per heavy atom. The van der Waals surface area contributed by atoms with Gasteiger partial charge in [-0.2, -0.15) is 14.9 Å². The van der Waals surface area contributed by atoms with Gasteiger partial charge in [0.25, 0.3) is 0 Å². The minimum atomic E-state index is 0.432. The second-order valence-corrected chi connectivity index (χ2v) is 5.54. The highest BCUT2D eigenvalue weighted by Crippen LogP contribution is 2.21. The highest BCUT2D eigenvalue weighted by atomic mass is 35.5. The lowest BCUT2D eigenvalue weighted by Gasteiger charge is -2.04. The fraction of sp³-hybridized carbons (Fsp3) is 0.0625. The molecule has 0 radical (unpaired) electrons. The third-order valence-electron chi connectivity index (χ3n) is 3.25. The normalized spacial score (nSPS) is 11.2. The molecule has 0 saturated carbocycles. The number of aromatic amines is 1. The molecule has 4 nitrogen and oxygen atoms in total. The molecule has 2 aromatic carbocycles. The average Bonchev–Trinajstić information content (AvgIpc) is 2.88. The van der Waals surface area contributed by atoms with Crippen LogP contribution in [0.3, 0.4) is 0 Å². The molecule has 22 heavy (non-hydrogen) atoms. The molecule has 110 valence electrons. The van der Waals surface area contributed by atoms with Gasteiger partial charge in [0.2, 0.25) is 4.77 Å². The van der Waals surface area contributed by atoms with Crippen molar-refractivity contribution >= 4 is 30.0 Å². The fourth-order valence-corrected chi connectivity index (χ4v) is 2.46. The Labute approximate surface area is 138 Å². The molecule has 3 aromatic rings. The van der Waals surface area contributed by atoms with E-state index in [1.165, 1.54) is 0 Å². The first kappa shape index (κ1) is 14.7. The Bertz CT molecular complexity index is 895. The minimum absolute atomic E-state index is 0.432. The van der Waals surface area contributed by atoms with Crippen molar-refractivity contribution in [2.24, 2.45) is 5.10 Å². The van der Waals surface area contributed by atoms with Crippen LogP contribution >= 0.6 is 23.8 Å². The van der Waals surface area contributed by atoms with Gasteiger partial charge in [0.1, 0.15) is 0 Å². The summed E-state index contributed by atoms with van der Waals surface area (Å²) in [4.78, 5) is 0. The van der Waals surface area contributed by atoms with Gasteiger partial charge in [-0.3, -0.25) is 0 Å². The minimum Gasteiger partial charge on any atom is -0.250 e. The molecule has 0 aliphatic carbocycles. The van der Waals surface area contributed by atoms with Crippen LogP contribution in [0.1, 0.15) is 11.1 Å². The molecule has 6 heteroatoms. The molecular weight excluding hydrogens is 316 g/mol. The molecule has 0 atom stereocenters. The Morgan fingerprint density at radius 1 is 1.18 bits per heavy atom. The summed E-state index contributed by atoms with van der Waals surface area (Å²) in [5, 5.41) is 12.1. The van der Waals surface area contributed by atoms with Crippen molar-refractivity contribution in [3.8, 4) is 11.4 Å². The lowest BCUT2D eigenvalue weighted by Crippen LogP contribution is -1.96. The van der Waals surface area contributed by atoms with Crippen molar-refractivity contribution in [1.82, 2.24) is 14.9 Å². The maximum absolute atomic E-state index is 6.14. The molecule has 1 aromatic heterocycles. The first-order valence-electron chi connectivity index (χ1n) is 6.69. The summed E-state index contributed by atoms with van der Waals surface area (Å²) in [6, 6.07) is 15.4. The Morgan fingerprint density at radius 2 is 1.91 bits per heavy atom. The molecule has 1 heterocycles. The van der Waals surface area contributed by atoms with E-state index in [1.807, 2.05) is 55.5 Å². The van der Waals surface area contributed by atoms with E-state index in [1.54, 1.807) is 10.9 Å². The Kier molecular flexibility index (Phi) is 4.18. The van der Waals surface area contributed by atoms with Crippen LogP contribution in [0.25, 0.3) is 11.4 Å². The number of aryl methyl sites for hydroxylation is 1. The van der Waals surface area contributed by atoms with E-state index in [9.17, 15) is 0 Å². The van der Waals surface area contributed by atoms with E-state index >= 15 is 0 Å². The van der Waals surface area contributed by atoms with E-state index in [-0.39, 0.29) is 0 Å². The molecule has 0 unspecified atom stereocenters. The van der Waals surface area contributed by atoms with Gasteiger partial charge < -0.3 is 0 Å². The molecule has 0 amide bonds. The topological polar surface area (TPSA) is 46.0 Å². The number of hydrogen-bond acceptors (Lipinski definition) is 3. The predicted molar refractivity (Wildman–Crippen MR) is 92.0 cm³/mol. The first-order chi connectivity index (χ1) is 10.7. The zero-order valence-electron chi connectivity index (χ0n) is 11.8. The number of benzene rings is 2. The van der Waals surface area contributed by atoms with Gasteiger partial charge in [-0.25, -0.2) is 5.10 Å². The highest BCUT2D eigenvalue weighted by molar-refractivity contribution is 7.71. The summed E-state index contributed by atoms with van der Waals surface area (Å²) in [5.41, 5.74) is 2.90. The number of halogens is 1. The predicted octanol–water partition coefficient (Wildman–Crippen LogP) is 4.45. The molecule has 0 aliphatic heterocycles. The quantitative estimate of drug-likeness (QED) is 0.570. The van der Waals surface area contributed by atoms with Crippen molar-refractivity contribution in [1.29, 1.82) is 0 Å². The van der Waals surface area contributed by atoms with Crippen molar-refractivity contribution in [2.45, 2.75) is 6.92 Å². The van der Waals surface area contributed by atoms with Crippen LogP contribution < -0.4 is 0 Å². The van der Waals surface area contributed by atoms with Gasteiger partial charge in [-0.15, -0.1) is 0 Å². The van der Waals surface area contributed by atoms with Gasteiger partial charge in [-0.05, 0) is 30.8 Å². The number of hydrogen-bond donors (Lipinski definition) is 1. The largest absolute Gasteiger partial charge is 0.250 e. The summed E-state index contributed by atoms with van der Waals surface area (Å²) < 4.78 is 2.03. The van der Waals surface area contributed by atoms with Crippen LogP contribution in [-0.2, 0) is 0 Å². The van der Waals surface area contributed by atoms with Crippen LogP contribution in [0.15, 0.2) is 53.6 Å². The third kappa shape index (κ3) is 2.86. The van der Waals surface area contributed by atoms with Gasteiger partial charge in [-0.1, -0.05) is 54.1 Å². The molecular formula is C16H13ClN4S. The summed E-state index contributed by atoms with van der Waals surface area (Å²) >= 11 is 11.4. The van der Waals surface area contributed by atoms with Crippen molar-refractivity contribution in [3.05, 3.63) is 69.5 Å². The molecule has 0 saturated heterocycles. The summed E-state index contributed by atoms with van der Waals surface area (Å²) in [6.07, 6.45) is 1.68. The second kappa shape index (κ2) is 6.25. The van der Waals surface area contributed by atoms with Gasteiger partial charge >= 0.3 is 0 Å². The third-order valence-corrected chi connectivity index (χ3v) is 3.86. The number of aromatic nitrogens is 3. The Balaban J connectivity index is 2.06. The fourth-order valence-electron chi connectivity index (χ4n) is 2.10. The molecule has 0 aliphatic rings. The molecule has 0 spiro atoms. The van der Waals surface area contributed by atoms with E-state index in [0.717, 1.165) is 16.7 Å². The summed E-state index contributed by atoms with van der Waals surface area (Å²) in [5.74, 6) is 0.673. The van der Waals surface area contributed by atoms with E-state index in [4.69, 9.17) is 23.8 Å². The molecule has 1 N–H and O–H groups in total. The van der Waals surface area contributed by atoms with Crippen molar-refractivity contribution < 1.29 is 0 Å². The van der Waals surface area contributed by atoms with Crippen molar-refractivity contribution in [2.75, 3.05) is 0 Å². The van der Waals surface area contributed by atoms with Gasteiger partial charge in [0, 0.05) is 16.1 Å².